The molecule has 0 aromatic carbocycles. The van der Waals surface area contributed by atoms with E-state index in [4.69, 9.17) is 51.1 Å². The third-order valence-electron chi connectivity index (χ3n) is 1.29. The predicted molar refractivity (Wildman–Crippen MR) is 68.0 cm³/mol. The maximum Gasteiger partial charge on any atom is 0.300 e. The summed E-state index contributed by atoms with van der Waals surface area (Å²) >= 11 is 8.53. The summed E-state index contributed by atoms with van der Waals surface area (Å²) < 4.78 is 8.09. The fourth-order valence-electron chi connectivity index (χ4n) is 0.664. The summed E-state index contributed by atoms with van der Waals surface area (Å²) in [7, 11) is 0. The molecule has 19 heavy (non-hydrogen) atoms. The Kier molecular flexibility index (Phi) is 11.4. The van der Waals surface area contributed by atoms with Crippen molar-refractivity contribution in [2.75, 3.05) is 13.2 Å². The smallest absolute Gasteiger partial charge is 0.300 e. The first-order valence-corrected chi connectivity index (χ1v) is 6.05. The quantitative estimate of drug-likeness (QED) is 0.446. The standard InChI is InChI=1S/C5H8BrClO4.2C2H4O2/c6-5(7)3(8)10-1-2-11-4(5)9;2*1-2(3)4/h3-4,8-9H,1-2H2;2*1H3,(H,3,4). The molecular weight excluding hydrogens is 351 g/mol. The van der Waals surface area contributed by atoms with Crippen molar-refractivity contribution < 1.29 is 39.5 Å². The van der Waals surface area contributed by atoms with E-state index in [-0.39, 0.29) is 13.2 Å². The monoisotopic (exact) mass is 366 g/mol. The topological polar surface area (TPSA) is 134 Å². The van der Waals surface area contributed by atoms with E-state index in [0.717, 1.165) is 13.8 Å². The van der Waals surface area contributed by atoms with Gasteiger partial charge < -0.3 is 29.9 Å². The van der Waals surface area contributed by atoms with Gasteiger partial charge in [-0.25, -0.2) is 0 Å². The Morgan fingerprint density at radius 1 is 1.11 bits per heavy atom. The van der Waals surface area contributed by atoms with Crippen LogP contribution in [-0.4, -0.2) is 61.9 Å². The first-order valence-electron chi connectivity index (χ1n) is 4.88. The second-order valence-corrected chi connectivity index (χ2v) is 5.55. The number of hydrogen-bond acceptors (Lipinski definition) is 6. The number of aliphatic hydroxyl groups is 2. The average Bonchev–Trinajstić information content (AvgIpc) is 2.30. The van der Waals surface area contributed by atoms with Gasteiger partial charge in [0, 0.05) is 13.8 Å². The van der Waals surface area contributed by atoms with Gasteiger partial charge in [-0.3, -0.25) is 9.59 Å². The first-order chi connectivity index (χ1) is 8.51. The van der Waals surface area contributed by atoms with E-state index in [2.05, 4.69) is 15.9 Å². The lowest BCUT2D eigenvalue weighted by molar-refractivity contribution is -0.135. The van der Waals surface area contributed by atoms with Gasteiger partial charge in [0.25, 0.3) is 11.9 Å². The van der Waals surface area contributed by atoms with E-state index in [9.17, 15) is 0 Å². The Hall–Kier alpha value is -0.450. The van der Waals surface area contributed by atoms with Crippen LogP contribution in [0.3, 0.4) is 0 Å². The van der Waals surface area contributed by atoms with Gasteiger partial charge in [0.05, 0.1) is 13.2 Å². The van der Waals surface area contributed by atoms with Crippen LogP contribution in [0.2, 0.25) is 0 Å². The predicted octanol–water partition coefficient (Wildman–Crippen LogP) is 0.182. The molecule has 1 fully saturated rings. The third kappa shape index (κ3) is 12.3. The van der Waals surface area contributed by atoms with E-state index >= 15 is 0 Å². The normalized spacial score (nSPS) is 29.8. The van der Waals surface area contributed by atoms with Crippen molar-refractivity contribution in [3.8, 4) is 0 Å². The summed E-state index contributed by atoms with van der Waals surface area (Å²) in [5, 5.41) is 33.1. The van der Waals surface area contributed by atoms with Crippen LogP contribution in [0.1, 0.15) is 13.8 Å². The molecule has 0 amide bonds. The summed E-state index contributed by atoms with van der Waals surface area (Å²) in [5.74, 6) is -1.67. The lowest BCUT2D eigenvalue weighted by Gasteiger charge is -2.26. The van der Waals surface area contributed by atoms with Crippen LogP contribution >= 0.6 is 27.5 Å². The van der Waals surface area contributed by atoms with Crippen LogP contribution in [0.4, 0.5) is 0 Å². The Morgan fingerprint density at radius 2 is 1.32 bits per heavy atom. The number of alkyl halides is 2. The Labute approximate surface area is 123 Å². The highest BCUT2D eigenvalue weighted by Gasteiger charge is 2.44. The fourth-order valence-corrected chi connectivity index (χ4v) is 1.05. The molecule has 8 nitrogen and oxygen atoms in total. The number of aliphatic hydroxyl groups excluding tert-OH is 2. The highest BCUT2D eigenvalue weighted by Crippen LogP contribution is 2.34. The lowest BCUT2D eigenvalue weighted by atomic mass is 10.4. The number of hydrogen-bond donors (Lipinski definition) is 4. The maximum atomic E-state index is 9.15. The van der Waals surface area contributed by atoms with Gasteiger partial charge in [0.15, 0.2) is 16.4 Å². The number of aliphatic carboxylic acids is 2. The molecule has 1 aliphatic rings. The highest BCUT2D eigenvalue weighted by molar-refractivity contribution is 9.10. The van der Waals surface area contributed by atoms with Gasteiger partial charge in [-0.1, -0.05) is 27.5 Å². The summed E-state index contributed by atoms with van der Waals surface area (Å²) in [5.41, 5.74) is 0. The van der Waals surface area contributed by atoms with Gasteiger partial charge >= 0.3 is 0 Å². The van der Waals surface area contributed by atoms with Gasteiger partial charge in [-0.2, -0.15) is 0 Å². The van der Waals surface area contributed by atoms with E-state index in [1.165, 1.54) is 0 Å². The molecule has 0 bridgehead atoms. The SMILES string of the molecule is CC(=O)O.CC(=O)O.OC1OCCOC(O)C1(Cl)Br. The van der Waals surface area contributed by atoms with E-state index in [1.807, 2.05) is 0 Å². The number of carbonyl (C=O) groups is 2. The molecule has 1 rings (SSSR count). The van der Waals surface area contributed by atoms with Crippen LogP contribution in [0.25, 0.3) is 0 Å². The van der Waals surface area contributed by atoms with Gasteiger partial charge in [0.1, 0.15) is 0 Å². The maximum absolute atomic E-state index is 9.15. The second-order valence-electron chi connectivity index (χ2n) is 3.16. The van der Waals surface area contributed by atoms with Crippen LogP contribution in [0.15, 0.2) is 0 Å². The largest absolute Gasteiger partial charge is 0.481 e. The minimum absolute atomic E-state index is 0.207. The van der Waals surface area contributed by atoms with Gasteiger partial charge in [-0.15, -0.1) is 0 Å². The molecular formula is C9H16BrClO8. The minimum Gasteiger partial charge on any atom is -0.481 e. The van der Waals surface area contributed by atoms with Crippen molar-refractivity contribution in [3.63, 3.8) is 0 Å². The molecule has 0 aliphatic carbocycles. The molecule has 0 aromatic rings. The van der Waals surface area contributed by atoms with Crippen LogP contribution in [0.5, 0.6) is 0 Å². The minimum atomic E-state index is -1.47. The highest BCUT2D eigenvalue weighted by atomic mass is 79.9. The van der Waals surface area contributed by atoms with Crippen LogP contribution in [0, 0.1) is 0 Å². The molecule has 1 saturated heterocycles. The van der Waals surface area contributed by atoms with E-state index in [1.54, 1.807) is 0 Å². The summed E-state index contributed by atoms with van der Waals surface area (Å²) in [6.07, 6.45) is -2.55. The second kappa shape index (κ2) is 10.4. The summed E-state index contributed by atoms with van der Waals surface area (Å²) in [6.45, 7) is 2.58. The molecule has 0 radical (unpaired) electrons. The molecule has 0 saturated carbocycles. The first kappa shape index (κ1) is 20.9. The van der Waals surface area contributed by atoms with Gasteiger partial charge in [-0.05, 0) is 0 Å². The molecule has 1 aliphatic heterocycles. The molecule has 4 N–H and O–H groups in total. The van der Waals surface area contributed by atoms with Crippen LogP contribution in [-0.2, 0) is 19.1 Å². The van der Waals surface area contributed by atoms with E-state index < -0.39 is 28.3 Å². The Bertz CT molecular complexity index is 251. The zero-order chi connectivity index (χ0) is 15.6. The third-order valence-corrected chi connectivity index (χ3v) is 2.45. The molecule has 2 unspecified atom stereocenters. The summed E-state index contributed by atoms with van der Waals surface area (Å²) in [4.78, 5) is 18.0. The van der Waals surface area contributed by atoms with Crippen molar-refractivity contribution in [1.82, 2.24) is 0 Å². The van der Waals surface area contributed by atoms with Crippen molar-refractivity contribution in [2.24, 2.45) is 0 Å². The Balaban J connectivity index is 0. The molecule has 0 aromatic heterocycles. The molecule has 1 heterocycles. The van der Waals surface area contributed by atoms with Crippen molar-refractivity contribution >= 4 is 39.5 Å². The zero-order valence-electron chi connectivity index (χ0n) is 10.2. The Morgan fingerprint density at radius 3 is 1.53 bits per heavy atom. The number of ether oxygens (including phenoxy) is 2. The van der Waals surface area contributed by atoms with Gasteiger partial charge in [0.2, 0.25) is 0 Å². The summed E-state index contributed by atoms with van der Waals surface area (Å²) in [6, 6.07) is 0. The molecule has 2 atom stereocenters. The number of carboxylic acid groups (broad SMARTS) is 2. The zero-order valence-corrected chi connectivity index (χ0v) is 12.6. The number of halogens is 2. The van der Waals surface area contributed by atoms with Crippen molar-refractivity contribution in [1.29, 1.82) is 0 Å². The molecule has 114 valence electrons. The van der Waals surface area contributed by atoms with Crippen LogP contribution < -0.4 is 0 Å². The molecule has 0 spiro atoms. The number of rotatable bonds is 0. The fraction of sp³-hybridized carbons (Fsp3) is 0.778. The number of carboxylic acids is 2. The molecule has 10 heteroatoms. The van der Waals surface area contributed by atoms with Crippen molar-refractivity contribution in [2.45, 2.75) is 30.2 Å². The average molecular weight is 368 g/mol. The van der Waals surface area contributed by atoms with E-state index in [0.29, 0.717) is 0 Å². The van der Waals surface area contributed by atoms with Crippen molar-refractivity contribution in [3.05, 3.63) is 0 Å². The lowest BCUT2D eigenvalue weighted by Crippen LogP contribution is -2.42.